The fourth-order valence-electron chi connectivity index (χ4n) is 1.18. The largest absolute Gasteiger partial charge is 0.326 e. The van der Waals surface area contributed by atoms with Crippen LogP contribution in [0.4, 0.5) is 4.79 Å². The monoisotopic (exact) mass is 200 g/mol. The summed E-state index contributed by atoms with van der Waals surface area (Å²) >= 11 is 0. The second-order valence-corrected chi connectivity index (χ2v) is 3.01. The van der Waals surface area contributed by atoms with E-state index < -0.39 is 0 Å². The lowest BCUT2D eigenvalue weighted by Crippen LogP contribution is -2.30. The first-order chi connectivity index (χ1) is 6.66. The van der Waals surface area contributed by atoms with Gasteiger partial charge in [-0.15, -0.1) is 0 Å². The molecule has 14 heavy (non-hydrogen) atoms. The first kappa shape index (κ1) is 12.9. The van der Waals surface area contributed by atoms with Crippen LogP contribution >= 0.6 is 0 Å². The molecule has 1 aliphatic rings. The lowest BCUT2D eigenvalue weighted by molar-refractivity contribution is -0.124. The van der Waals surface area contributed by atoms with E-state index in [0.29, 0.717) is 6.54 Å². The van der Waals surface area contributed by atoms with Crippen molar-refractivity contribution in [3.8, 4) is 0 Å². The summed E-state index contributed by atoms with van der Waals surface area (Å²) in [5.41, 5.74) is 0. The quantitative estimate of drug-likeness (QED) is 0.651. The maximum Gasteiger partial charge on any atom is 0.326 e. The van der Waals surface area contributed by atoms with Crippen LogP contribution in [0.1, 0.15) is 33.6 Å². The SMILES string of the molecule is CC.CCCCN1CC(=O)N(C)C1=O. The topological polar surface area (TPSA) is 40.6 Å². The highest BCUT2D eigenvalue weighted by Gasteiger charge is 2.31. The van der Waals surface area contributed by atoms with Crippen LogP contribution in [0, 0.1) is 0 Å². The van der Waals surface area contributed by atoms with E-state index in [2.05, 4.69) is 6.92 Å². The summed E-state index contributed by atoms with van der Waals surface area (Å²) in [6, 6.07) is -0.159. The van der Waals surface area contributed by atoms with E-state index in [9.17, 15) is 9.59 Å². The molecule has 1 rings (SSSR count). The van der Waals surface area contributed by atoms with Crippen molar-refractivity contribution < 1.29 is 9.59 Å². The molecule has 0 aromatic rings. The Morgan fingerprint density at radius 3 is 2.21 bits per heavy atom. The Kier molecular flexibility index (Phi) is 5.92. The predicted molar refractivity (Wildman–Crippen MR) is 56.0 cm³/mol. The summed E-state index contributed by atoms with van der Waals surface area (Å²) in [6.45, 7) is 7.02. The molecule has 0 saturated carbocycles. The average Bonchev–Trinajstić information content (AvgIpc) is 2.46. The van der Waals surface area contributed by atoms with Gasteiger partial charge >= 0.3 is 6.03 Å². The molecule has 0 atom stereocenters. The highest BCUT2D eigenvalue weighted by molar-refractivity contribution is 6.01. The number of urea groups is 1. The van der Waals surface area contributed by atoms with E-state index in [1.165, 1.54) is 11.9 Å². The van der Waals surface area contributed by atoms with Crippen molar-refractivity contribution in [2.75, 3.05) is 20.1 Å². The van der Waals surface area contributed by atoms with Gasteiger partial charge in [-0.2, -0.15) is 0 Å². The van der Waals surface area contributed by atoms with Gasteiger partial charge in [-0.25, -0.2) is 4.79 Å². The summed E-state index contributed by atoms with van der Waals surface area (Å²) in [5, 5.41) is 0. The Morgan fingerprint density at radius 1 is 1.29 bits per heavy atom. The van der Waals surface area contributed by atoms with Crippen molar-refractivity contribution >= 4 is 11.9 Å². The van der Waals surface area contributed by atoms with Gasteiger partial charge < -0.3 is 4.90 Å². The van der Waals surface area contributed by atoms with Crippen molar-refractivity contribution in [3.63, 3.8) is 0 Å². The number of hydrogen-bond acceptors (Lipinski definition) is 2. The summed E-state index contributed by atoms with van der Waals surface area (Å²) in [6.07, 6.45) is 2.01. The maximum absolute atomic E-state index is 11.3. The zero-order chi connectivity index (χ0) is 11.1. The van der Waals surface area contributed by atoms with Crippen molar-refractivity contribution in [1.82, 2.24) is 9.80 Å². The molecular formula is C10H20N2O2. The highest BCUT2D eigenvalue weighted by Crippen LogP contribution is 2.08. The van der Waals surface area contributed by atoms with E-state index in [4.69, 9.17) is 0 Å². The highest BCUT2D eigenvalue weighted by atomic mass is 16.2. The molecule has 0 unspecified atom stereocenters. The molecular weight excluding hydrogens is 180 g/mol. The van der Waals surface area contributed by atoms with Gasteiger partial charge in [-0.3, -0.25) is 9.69 Å². The van der Waals surface area contributed by atoms with E-state index >= 15 is 0 Å². The minimum absolute atomic E-state index is 0.101. The molecule has 0 spiro atoms. The number of carbonyl (C=O) groups excluding carboxylic acids is 2. The smallest absolute Gasteiger partial charge is 0.315 e. The number of unbranched alkanes of at least 4 members (excludes halogenated alkanes) is 1. The van der Waals surface area contributed by atoms with Gasteiger partial charge in [-0.05, 0) is 6.42 Å². The Bertz CT molecular complexity index is 204. The van der Waals surface area contributed by atoms with Gasteiger partial charge in [0.1, 0.15) is 6.54 Å². The van der Waals surface area contributed by atoms with Gasteiger partial charge in [0, 0.05) is 13.6 Å². The Morgan fingerprint density at radius 2 is 1.86 bits per heavy atom. The van der Waals surface area contributed by atoms with Crippen LogP contribution in [0.3, 0.4) is 0 Å². The first-order valence-corrected chi connectivity index (χ1v) is 5.22. The van der Waals surface area contributed by atoms with Gasteiger partial charge in [0.15, 0.2) is 0 Å². The van der Waals surface area contributed by atoms with Crippen LogP contribution in [-0.2, 0) is 4.79 Å². The average molecular weight is 200 g/mol. The van der Waals surface area contributed by atoms with Gasteiger partial charge in [0.2, 0.25) is 5.91 Å². The zero-order valence-electron chi connectivity index (χ0n) is 9.54. The fourth-order valence-corrected chi connectivity index (χ4v) is 1.18. The molecule has 0 aliphatic carbocycles. The summed E-state index contributed by atoms with van der Waals surface area (Å²) < 4.78 is 0. The minimum Gasteiger partial charge on any atom is -0.315 e. The maximum atomic E-state index is 11.3. The number of likely N-dealkylation sites (N-methyl/N-ethyl adjacent to an activating group) is 1. The van der Waals surface area contributed by atoms with Crippen LogP contribution < -0.4 is 0 Å². The van der Waals surface area contributed by atoms with Crippen LogP contribution in [0.15, 0.2) is 0 Å². The minimum atomic E-state index is -0.159. The molecule has 0 bridgehead atoms. The molecule has 1 heterocycles. The third kappa shape index (κ3) is 3.01. The molecule has 4 heteroatoms. The standard InChI is InChI=1S/C8H14N2O2.C2H6/c1-3-4-5-10-6-7(11)9(2)8(10)12;1-2/h3-6H2,1-2H3;1-2H3. The van der Waals surface area contributed by atoms with Crippen LogP contribution in [0.5, 0.6) is 0 Å². The van der Waals surface area contributed by atoms with E-state index in [1.54, 1.807) is 4.90 Å². The lowest BCUT2D eigenvalue weighted by Gasteiger charge is -2.13. The van der Waals surface area contributed by atoms with Crippen molar-refractivity contribution in [2.45, 2.75) is 33.6 Å². The second kappa shape index (κ2) is 6.40. The van der Waals surface area contributed by atoms with Gasteiger partial charge in [0.05, 0.1) is 0 Å². The summed E-state index contributed by atoms with van der Waals surface area (Å²) in [5.74, 6) is -0.101. The molecule has 0 radical (unpaired) electrons. The molecule has 1 saturated heterocycles. The number of rotatable bonds is 3. The molecule has 82 valence electrons. The first-order valence-electron chi connectivity index (χ1n) is 5.22. The van der Waals surface area contributed by atoms with Crippen LogP contribution in [0.25, 0.3) is 0 Å². The summed E-state index contributed by atoms with van der Waals surface area (Å²) in [7, 11) is 1.52. The fraction of sp³-hybridized carbons (Fsp3) is 0.800. The van der Waals surface area contributed by atoms with Crippen molar-refractivity contribution in [3.05, 3.63) is 0 Å². The van der Waals surface area contributed by atoms with Crippen LogP contribution in [-0.4, -0.2) is 41.9 Å². The molecule has 3 amide bonds. The second-order valence-electron chi connectivity index (χ2n) is 3.01. The Hall–Kier alpha value is -1.06. The Labute approximate surface area is 85.9 Å². The molecule has 0 N–H and O–H groups in total. The van der Waals surface area contributed by atoms with Gasteiger partial charge in [0.25, 0.3) is 0 Å². The van der Waals surface area contributed by atoms with Gasteiger partial charge in [-0.1, -0.05) is 27.2 Å². The third-order valence-electron chi connectivity index (χ3n) is 2.04. The number of hydrogen-bond donors (Lipinski definition) is 0. The molecule has 1 aliphatic heterocycles. The van der Waals surface area contributed by atoms with E-state index in [-0.39, 0.29) is 18.5 Å². The molecule has 1 fully saturated rings. The number of nitrogens with zero attached hydrogens (tertiary/aromatic N) is 2. The molecule has 4 nitrogen and oxygen atoms in total. The number of amides is 3. The van der Waals surface area contributed by atoms with Crippen LogP contribution in [0.2, 0.25) is 0 Å². The van der Waals surface area contributed by atoms with Crippen molar-refractivity contribution in [1.29, 1.82) is 0 Å². The summed E-state index contributed by atoms with van der Waals surface area (Å²) in [4.78, 5) is 25.0. The molecule has 0 aromatic heterocycles. The lowest BCUT2D eigenvalue weighted by atomic mass is 10.3. The van der Waals surface area contributed by atoms with E-state index in [1.807, 2.05) is 13.8 Å². The Balaban J connectivity index is 0.000000791. The van der Waals surface area contributed by atoms with E-state index in [0.717, 1.165) is 12.8 Å². The number of imide groups is 1. The number of carbonyl (C=O) groups is 2. The zero-order valence-corrected chi connectivity index (χ0v) is 9.54. The normalized spacial score (nSPS) is 15.7. The predicted octanol–water partition coefficient (Wildman–Crippen LogP) is 1.71. The third-order valence-corrected chi connectivity index (χ3v) is 2.04. The van der Waals surface area contributed by atoms with Crippen molar-refractivity contribution in [2.24, 2.45) is 0 Å². The molecule has 0 aromatic carbocycles.